The van der Waals surface area contributed by atoms with Gasteiger partial charge in [-0.1, -0.05) is 17.7 Å². The van der Waals surface area contributed by atoms with Crippen LogP contribution in [0.25, 0.3) is 10.9 Å². The quantitative estimate of drug-likeness (QED) is 0.749. The number of benzene rings is 2. The van der Waals surface area contributed by atoms with Crippen LogP contribution < -0.4 is 5.32 Å². The van der Waals surface area contributed by atoms with Crippen molar-refractivity contribution < 1.29 is 4.79 Å². The Morgan fingerprint density at radius 3 is 3.00 bits per heavy atom. The van der Waals surface area contributed by atoms with Crippen molar-refractivity contribution in [3.63, 3.8) is 0 Å². The van der Waals surface area contributed by atoms with Gasteiger partial charge in [-0.25, -0.2) is 0 Å². The number of aromatic amines is 1. The number of halogens is 1. The highest BCUT2D eigenvalue weighted by atomic mass is 79.9. The lowest BCUT2D eigenvalue weighted by Gasteiger charge is -2.08. The maximum Gasteiger partial charge on any atom is 0.256 e. The number of nitrogens with one attached hydrogen (secondary N) is 2. The van der Waals surface area contributed by atoms with E-state index >= 15 is 0 Å². The number of carbonyl (C=O) groups excluding carboxylic acids is 1. The zero-order valence-corrected chi connectivity index (χ0v) is 12.4. The number of aryl methyl sites for hydroxylation is 1. The second-order valence-corrected chi connectivity index (χ2v) is 5.43. The molecule has 3 rings (SSSR count). The Kier molecular flexibility index (Phi) is 3.28. The molecule has 1 aromatic heterocycles. The molecule has 5 heteroatoms. The Hall–Kier alpha value is -2.14. The van der Waals surface area contributed by atoms with Crippen LogP contribution in [0.3, 0.4) is 0 Å². The van der Waals surface area contributed by atoms with E-state index in [0.29, 0.717) is 5.56 Å². The van der Waals surface area contributed by atoms with Crippen LogP contribution >= 0.6 is 15.9 Å². The number of aromatic nitrogens is 2. The van der Waals surface area contributed by atoms with E-state index in [0.717, 1.165) is 26.6 Å². The van der Waals surface area contributed by atoms with Crippen molar-refractivity contribution in [2.24, 2.45) is 0 Å². The minimum atomic E-state index is -0.144. The molecular weight excluding hydrogens is 318 g/mol. The number of anilines is 1. The molecule has 0 spiro atoms. The maximum atomic E-state index is 12.4. The van der Waals surface area contributed by atoms with Gasteiger partial charge in [0.1, 0.15) is 0 Å². The fourth-order valence-corrected chi connectivity index (χ4v) is 2.51. The first-order chi connectivity index (χ1) is 9.65. The molecule has 2 N–H and O–H groups in total. The first kappa shape index (κ1) is 12.9. The molecule has 100 valence electrons. The zero-order chi connectivity index (χ0) is 14.1. The van der Waals surface area contributed by atoms with Crippen LogP contribution in [0.1, 0.15) is 15.9 Å². The van der Waals surface area contributed by atoms with Gasteiger partial charge in [-0.3, -0.25) is 9.89 Å². The second kappa shape index (κ2) is 5.09. The van der Waals surface area contributed by atoms with Gasteiger partial charge >= 0.3 is 0 Å². The molecule has 0 saturated carbocycles. The smallest absolute Gasteiger partial charge is 0.256 e. The molecule has 3 aromatic rings. The molecule has 2 aromatic carbocycles. The summed E-state index contributed by atoms with van der Waals surface area (Å²) in [6.45, 7) is 1.96. The lowest BCUT2D eigenvalue weighted by atomic mass is 10.1. The van der Waals surface area contributed by atoms with Gasteiger partial charge in [0.25, 0.3) is 5.91 Å². The third-order valence-corrected chi connectivity index (χ3v) is 3.79. The van der Waals surface area contributed by atoms with E-state index in [-0.39, 0.29) is 5.91 Å². The standard InChI is InChI=1S/C15H12BrN3O/c1-9-5-6-12(16)10(7-9)15(20)18-13-3-2-4-14-11(13)8-17-19-14/h2-8H,1H3,(H,17,19)(H,18,20). The summed E-state index contributed by atoms with van der Waals surface area (Å²) in [7, 11) is 0. The lowest BCUT2D eigenvalue weighted by Crippen LogP contribution is -2.13. The number of amides is 1. The number of fused-ring (bicyclic) bond motifs is 1. The van der Waals surface area contributed by atoms with E-state index in [1.807, 2.05) is 43.3 Å². The van der Waals surface area contributed by atoms with Crippen LogP contribution in [0, 0.1) is 6.92 Å². The predicted molar refractivity (Wildman–Crippen MR) is 82.9 cm³/mol. The number of nitrogens with zero attached hydrogens (tertiary/aromatic N) is 1. The first-order valence-electron chi connectivity index (χ1n) is 6.15. The molecule has 0 atom stereocenters. The first-order valence-corrected chi connectivity index (χ1v) is 6.94. The summed E-state index contributed by atoms with van der Waals surface area (Å²) < 4.78 is 0.778. The Morgan fingerprint density at radius 1 is 1.30 bits per heavy atom. The van der Waals surface area contributed by atoms with Crippen molar-refractivity contribution in [1.29, 1.82) is 0 Å². The summed E-state index contributed by atoms with van der Waals surface area (Å²) in [6, 6.07) is 11.3. The van der Waals surface area contributed by atoms with Crippen molar-refractivity contribution in [2.45, 2.75) is 6.92 Å². The van der Waals surface area contributed by atoms with Crippen LogP contribution in [0.5, 0.6) is 0 Å². The van der Waals surface area contributed by atoms with Crippen molar-refractivity contribution in [2.75, 3.05) is 5.32 Å². The number of hydrogen-bond acceptors (Lipinski definition) is 2. The van der Waals surface area contributed by atoms with Crippen molar-refractivity contribution in [3.05, 3.63) is 58.2 Å². The lowest BCUT2D eigenvalue weighted by molar-refractivity contribution is 0.102. The number of carbonyl (C=O) groups is 1. The third kappa shape index (κ3) is 2.32. The monoisotopic (exact) mass is 329 g/mol. The molecular formula is C15H12BrN3O. The van der Waals surface area contributed by atoms with E-state index in [4.69, 9.17) is 0 Å². The highest BCUT2D eigenvalue weighted by Gasteiger charge is 2.12. The van der Waals surface area contributed by atoms with Gasteiger partial charge in [0.15, 0.2) is 0 Å². The number of hydrogen-bond donors (Lipinski definition) is 2. The van der Waals surface area contributed by atoms with E-state index < -0.39 is 0 Å². The summed E-state index contributed by atoms with van der Waals surface area (Å²) in [5.41, 5.74) is 3.30. The van der Waals surface area contributed by atoms with E-state index in [9.17, 15) is 4.79 Å². The molecule has 0 aliphatic carbocycles. The Balaban J connectivity index is 1.96. The summed E-state index contributed by atoms with van der Waals surface area (Å²) in [4.78, 5) is 12.4. The molecule has 0 aliphatic heterocycles. The molecule has 0 unspecified atom stereocenters. The number of rotatable bonds is 2. The van der Waals surface area contributed by atoms with Crippen LogP contribution in [-0.4, -0.2) is 16.1 Å². The maximum absolute atomic E-state index is 12.4. The van der Waals surface area contributed by atoms with Gasteiger partial charge in [0.05, 0.1) is 23.0 Å². The molecule has 0 bridgehead atoms. The molecule has 0 fully saturated rings. The van der Waals surface area contributed by atoms with E-state index in [2.05, 4.69) is 31.4 Å². The van der Waals surface area contributed by atoms with Gasteiger partial charge in [0, 0.05) is 9.86 Å². The van der Waals surface area contributed by atoms with E-state index in [1.54, 1.807) is 6.20 Å². The van der Waals surface area contributed by atoms with Gasteiger partial charge in [-0.2, -0.15) is 5.10 Å². The van der Waals surface area contributed by atoms with Crippen molar-refractivity contribution in [3.8, 4) is 0 Å². The molecule has 20 heavy (non-hydrogen) atoms. The molecule has 0 aliphatic rings. The van der Waals surface area contributed by atoms with Crippen LogP contribution in [-0.2, 0) is 0 Å². The second-order valence-electron chi connectivity index (χ2n) is 4.57. The zero-order valence-electron chi connectivity index (χ0n) is 10.8. The normalized spacial score (nSPS) is 10.7. The minimum absolute atomic E-state index is 0.144. The largest absolute Gasteiger partial charge is 0.321 e. The molecule has 0 saturated heterocycles. The molecule has 4 nitrogen and oxygen atoms in total. The van der Waals surface area contributed by atoms with Gasteiger partial charge in [-0.15, -0.1) is 0 Å². The van der Waals surface area contributed by atoms with Crippen LogP contribution in [0.15, 0.2) is 47.1 Å². The van der Waals surface area contributed by atoms with Crippen LogP contribution in [0.4, 0.5) is 5.69 Å². The Bertz CT molecular complexity index is 795. The van der Waals surface area contributed by atoms with Gasteiger partial charge in [-0.05, 0) is 47.1 Å². The highest BCUT2D eigenvalue weighted by Crippen LogP contribution is 2.24. The molecule has 1 amide bonds. The van der Waals surface area contributed by atoms with Gasteiger partial charge < -0.3 is 5.32 Å². The fraction of sp³-hybridized carbons (Fsp3) is 0.0667. The van der Waals surface area contributed by atoms with E-state index in [1.165, 1.54) is 0 Å². The van der Waals surface area contributed by atoms with Crippen LogP contribution in [0.2, 0.25) is 0 Å². The predicted octanol–water partition coefficient (Wildman–Crippen LogP) is 3.89. The highest BCUT2D eigenvalue weighted by molar-refractivity contribution is 9.10. The van der Waals surface area contributed by atoms with Gasteiger partial charge in [0.2, 0.25) is 0 Å². The number of H-pyrrole nitrogens is 1. The average Bonchev–Trinajstić information content (AvgIpc) is 2.91. The summed E-state index contributed by atoms with van der Waals surface area (Å²) in [5, 5.41) is 10.7. The topological polar surface area (TPSA) is 57.8 Å². The fourth-order valence-electron chi connectivity index (χ4n) is 2.08. The molecule has 0 radical (unpaired) electrons. The summed E-state index contributed by atoms with van der Waals surface area (Å²) in [5.74, 6) is -0.144. The SMILES string of the molecule is Cc1ccc(Br)c(C(=O)Nc2cccc3[nH]ncc23)c1. The average molecular weight is 330 g/mol. The summed E-state index contributed by atoms with van der Waals surface area (Å²) >= 11 is 3.41. The third-order valence-electron chi connectivity index (χ3n) is 3.10. The summed E-state index contributed by atoms with van der Waals surface area (Å²) in [6.07, 6.45) is 1.70. The molecule has 1 heterocycles. The van der Waals surface area contributed by atoms with Crippen molar-refractivity contribution >= 4 is 38.4 Å². The Labute approximate surface area is 124 Å². The minimum Gasteiger partial charge on any atom is -0.321 e. The Morgan fingerprint density at radius 2 is 2.15 bits per heavy atom. The van der Waals surface area contributed by atoms with Crippen molar-refractivity contribution in [1.82, 2.24) is 10.2 Å².